The molecule has 7 heteroatoms. The fraction of sp³-hybridized carbons (Fsp3) is 0.115. The van der Waals surface area contributed by atoms with Gasteiger partial charge in [0.2, 0.25) is 0 Å². The van der Waals surface area contributed by atoms with Crippen LogP contribution in [0.4, 0.5) is 0 Å². The van der Waals surface area contributed by atoms with Gasteiger partial charge in [-0.15, -0.1) is 0 Å². The summed E-state index contributed by atoms with van der Waals surface area (Å²) in [6, 6.07) is 21.6. The van der Waals surface area contributed by atoms with E-state index >= 15 is 0 Å². The summed E-state index contributed by atoms with van der Waals surface area (Å²) in [5, 5.41) is 4.18. The van der Waals surface area contributed by atoms with Gasteiger partial charge in [-0.1, -0.05) is 60.1 Å². The van der Waals surface area contributed by atoms with Gasteiger partial charge in [0, 0.05) is 39.7 Å². The van der Waals surface area contributed by atoms with Crippen LogP contribution in [0.15, 0.2) is 85.1 Å². The fourth-order valence-electron chi connectivity index (χ4n) is 3.50. The number of halogens is 1. The van der Waals surface area contributed by atoms with Crippen molar-refractivity contribution in [1.82, 2.24) is 10.3 Å². The van der Waals surface area contributed by atoms with Crippen LogP contribution < -0.4 is 5.32 Å². The number of esters is 1. The second-order valence-electron chi connectivity index (χ2n) is 7.49. The van der Waals surface area contributed by atoms with E-state index in [0.29, 0.717) is 16.1 Å². The first kappa shape index (κ1) is 22.3. The SMILES string of the molecule is O=C(COC(=O)[C@H](Cc1c[nH]c2ccccc12)NC(=O)c1ccc(Cl)cc1)c1ccccc1. The molecule has 0 aliphatic carbocycles. The number of ketones is 1. The zero-order chi connectivity index (χ0) is 23.2. The molecule has 0 aliphatic heterocycles. The molecule has 1 aromatic heterocycles. The highest BCUT2D eigenvalue weighted by molar-refractivity contribution is 6.30. The van der Waals surface area contributed by atoms with Gasteiger partial charge in [0.05, 0.1) is 0 Å². The van der Waals surface area contributed by atoms with Crippen LogP contribution in [0.5, 0.6) is 0 Å². The highest BCUT2D eigenvalue weighted by atomic mass is 35.5. The van der Waals surface area contributed by atoms with Gasteiger partial charge >= 0.3 is 5.97 Å². The number of hydrogen-bond acceptors (Lipinski definition) is 4. The molecular weight excluding hydrogens is 440 g/mol. The van der Waals surface area contributed by atoms with Crippen molar-refractivity contribution in [2.24, 2.45) is 0 Å². The number of hydrogen-bond donors (Lipinski definition) is 2. The number of carbonyl (C=O) groups is 3. The van der Waals surface area contributed by atoms with Crippen molar-refractivity contribution >= 4 is 40.2 Å². The first-order chi connectivity index (χ1) is 16.0. The predicted molar refractivity (Wildman–Crippen MR) is 126 cm³/mol. The van der Waals surface area contributed by atoms with Crippen LogP contribution in [0.25, 0.3) is 10.9 Å². The minimum Gasteiger partial charge on any atom is -0.456 e. The number of para-hydroxylation sites is 1. The molecule has 0 saturated heterocycles. The second kappa shape index (κ2) is 10.1. The van der Waals surface area contributed by atoms with E-state index in [2.05, 4.69) is 10.3 Å². The predicted octanol–water partition coefficient (Wildman–Crippen LogP) is 4.59. The van der Waals surface area contributed by atoms with E-state index in [1.165, 1.54) is 0 Å². The molecule has 2 N–H and O–H groups in total. The number of Topliss-reactive ketones (excluding diaryl/α,β-unsaturated/α-hetero) is 1. The van der Waals surface area contributed by atoms with E-state index in [1.807, 2.05) is 24.3 Å². The van der Waals surface area contributed by atoms with Gasteiger partial charge in [-0.3, -0.25) is 9.59 Å². The molecular formula is C26H21ClN2O4. The molecule has 166 valence electrons. The molecule has 0 bridgehead atoms. The smallest absolute Gasteiger partial charge is 0.329 e. The number of rotatable bonds is 8. The van der Waals surface area contributed by atoms with Crippen molar-refractivity contribution in [1.29, 1.82) is 0 Å². The molecule has 4 rings (SSSR count). The standard InChI is InChI=1S/C26H21ClN2O4/c27-20-12-10-18(11-13-20)25(31)29-23(14-19-15-28-22-9-5-4-8-21(19)22)26(32)33-16-24(30)17-6-2-1-3-7-17/h1-13,15,23,28H,14,16H2,(H,29,31)/t23-/m0/s1. The molecule has 6 nitrogen and oxygen atoms in total. The fourth-order valence-corrected chi connectivity index (χ4v) is 3.63. The van der Waals surface area contributed by atoms with Crippen LogP contribution in [-0.2, 0) is 16.0 Å². The Hall–Kier alpha value is -3.90. The number of aromatic amines is 1. The van der Waals surface area contributed by atoms with E-state index in [9.17, 15) is 14.4 Å². The molecule has 1 atom stereocenters. The monoisotopic (exact) mass is 460 g/mol. The summed E-state index contributed by atoms with van der Waals surface area (Å²) in [5.41, 5.74) is 2.57. The third-order valence-electron chi connectivity index (χ3n) is 5.24. The maximum Gasteiger partial charge on any atom is 0.329 e. The Morgan fingerprint density at radius 3 is 2.33 bits per heavy atom. The number of benzene rings is 3. The number of H-pyrrole nitrogens is 1. The van der Waals surface area contributed by atoms with Crippen LogP contribution in [0.1, 0.15) is 26.3 Å². The molecule has 4 aromatic rings. The third-order valence-corrected chi connectivity index (χ3v) is 5.49. The lowest BCUT2D eigenvalue weighted by molar-refractivity contribution is -0.144. The first-order valence-corrected chi connectivity index (χ1v) is 10.8. The van der Waals surface area contributed by atoms with E-state index in [4.69, 9.17) is 16.3 Å². The number of fused-ring (bicyclic) bond motifs is 1. The quantitative estimate of drug-likeness (QED) is 0.297. The van der Waals surface area contributed by atoms with Crippen molar-refractivity contribution in [3.05, 3.63) is 107 Å². The van der Waals surface area contributed by atoms with E-state index < -0.39 is 24.5 Å². The van der Waals surface area contributed by atoms with Crippen molar-refractivity contribution in [3.8, 4) is 0 Å². The summed E-state index contributed by atoms with van der Waals surface area (Å²) < 4.78 is 5.30. The van der Waals surface area contributed by atoms with Gasteiger partial charge in [-0.2, -0.15) is 0 Å². The molecule has 0 unspecified atom stereocenters. The van der Waals surface area contributed by atoms with Gasteiger partial charge in [0.15, 0.2) is 12.4 Å². The molecule has 1 heterocycles. The molecule has 0 radical (unpaired) electrons. The zero-order valence-electron chi connectivity index (χ0n) is 17.6. The minimum atomic E-state index is -0.990. The maximum absolute atomic E-state index is 12.9. The number of ether oxygens (including phenoxy) is 1. The third kappa shape index (κ3) is 5.48. The number of amides is 1. The largest absolute Gasteiger partial charge is 0.456 e. The Labute approximate surface area is 195 Å². The summed E-state index contributed by atoms with van der Waals surface area (Å²) in [7, 11) is 0. The second-order valence-corrected chi connectivity index (χ2v) is 7.93. The lowest BCUT2D eigenvalue weighted by Gasteiger charge is -2.17. The molecule has 0 saturated carbocycles. The number of carbonyl (C=O) groups excluding carboxylic acids is 3. The summed E-state index contributed by atoms with van der Waals surface area (Å²) in [6.07, 6.45) is 2.00. The van der Waals surface area contributed by atoms with Crippen LogP contribution in [0.2, 0.25) is 5.02 Å². The summed E-state index contributed by atoms with van der Waals surface area (Å²) in [6.45, 7) is -0.413. The molecule has 0 fully saturated rings. The Kier molecular flexibility index (Phi) is 6.86. The minimum absolute atomic E-state index is 0.196. The van der Waals surface area contributed by atoms with Gasteiger partial charge < -0.3 is 15.0 Å². The molecule has 1 amide bonds. The van der Waals surface area contributed by atoms with Gasteiger partial charge in [0.1, 0.15) is 6.04 Å². The maximum atomic E-state index is 12.9. The van der Waals surface area contributed by atoms with E-state index in [1.54, 1.807) is 60.8 Å². The van der Waals surface area contributed by atoms with Crippen molar-refractivity contribution in [3.63, 3.8) is 0 Å². The average molecular weight is 461 g/mol. The summed E-state index contributed by atoms with van der Waals surface area (Å²) >= 11 is 5.90. The van der Waals surface area contributed by atoms with Gasteiger partial charge in [-0.05, 0) is 35.9 Å². The summed E-state index contributed by atoms with van der Waals surface area (Å²) in [4.78, 5) is 41.2. The average Bonchev–Trinajstić information content (AvgIpc) is 3.25. The van der Waals surface area contributed by atoms with Crippen molar-refractivity contribution in [2.45, 2.75) is 12.5 Å². The highest BCUT2D eigenvalue weighted by Gasteiger charge is 2.25. The Morgan fingerprint density at radius 2 is 1.58 bits per heavy atom. The lowest BCUT2D eigenvalue weighted by Crippen LogP contribution is -2.43. The zero-order valence-corrected chi connectivity index (χ0v) is 18.3. The topological polar surface area (TPSA) is 88.3 Å². The van der Waals surface area contributed by atoms with E-state index in [-0.39, 0.29) is 12.2 Å². The van der Waals surface area contributed by atoms with Crippen LogP contribution in [-0.4, -0.2) is 35.3 Å². The molecule has 3 aromatic carbocycles. The summed E-state index contributed by atoms with van der Waals surface area (Å²) in [5.74, 6) is -1.45. The Morgan fingerprint density at radius 1 is 0.879 bits per heavy atom. The van der Waals surface area contributed by atoms with Gasteiger partial charge in [-0.25, -0.2) is 4.79 Å². The Balaban J connectivity index is 1.52. The number of nitrogens with one attached hydrogen (secondary N) is 2. The first-order valence-electron chi connectivity index (χ1n) is 10.4. The molecule has 0 spiro atoms. The molecule has 0 aliphatic rings. The van der Waals surface area contributed by atoms with E-state index in [0.717, 1.165) is 16.5 Å². The van der Waals surface area contributed by atoms with Crippen LogP contribution >= 0.6 is 11.6 Å². The lowest BCUT2D eigenvalue weighted by atomic mass is 10.0. The van der Waals surface area contributed by atoms with Gasteiger partial charge in [0.25, 0.3) is 5.91 Å². The van der Waals surface area contributed by atoms with Crippen LogP contribution in [0, 0.1) is 0 Å². The molecule has 33 heavy (non-hydrogen) atoms. The van der Waals surface area contributed by atoms with Crippen LogP contribution in [0.3, 0.4) is 0 Å². The number of aromatic nitrogens is 1. The highest BCUT2D eigenvalue weighted by Crippen LogP contribution is 2.20. The Bertz CT molecular complexity index is 1280. The van der Waals surface area contributed by atoms with Crippen molar-refractivity contribution < 1.29 is 19.1 Å². The van der Waals surface area contributed by atoms with Crippen molar-refractivity contribution in [2.75, 3.05) is 6.61 Å². The normalized spacial score (nSPS) is 11.7.